The average Bonchev–Trinajstić information content (AvgIpc) is 2.84. The van der Waals surface area contributed by atoms with Crippen molar-refractivity contribution >= 4 is 35.8 Å². The van der Waals surface area contributed by atoms with Crippen LogP contribution in [0.2, 0.25) is 0 Å². The molecular weight excluding hydrogens is 413 g/mol. The summed E-state index contributed by atoms with van der Waals surface area (Å²) < 4.78 is 0. The Morgan fingerprint density at radius 3 is 2.42 bits per heavy atom. The smallest absolute Gasteiger partial charge is 0.189 e. The zero-order valence-corrected chi connectivity index (χ0v) is 17.3. The summed E-state index contributed by atoms with van der Waals surface area (Å²) in [4.78, 5) is 11.2. The van der Waals surface area contributed by atoms with E-state index in [0.717, 1.165) is 24.5 Å². The average molecular weight is 445 g/mol. The molecule has 0 aromatic carbocycles. The van der Waals surface area contributed by atoms with E-state index >= 15 is 0 Å². The number of guanidine groups is 1. The number of pyridine rings is 1. The van der Waals surface area contributed by atoms with Crippen LogP contribution in [0.5, 0.6) is 0 Å². The van der Waals surface area contributed by atoms with Crippen LogP contribution < -0.4 is 16.0 Å². The van der Waals surface area contributed by atoms with Crippen LogP contribution in [0.4, 0.5) is 5.82 Å². The first-order chi connectivity index (χ1) is 11.2. The van der Waals surface area contributed by atoms with E-state index in [1.807, 2.05) is 6.20 Å². The number of anilines is 1. The highest BCUT2D eigenvalue weighted by molar-refractivity contribution is 14.0. The largest absolute Gasteiger partial charge is 0.370 e. The third kappa shape index (κ3) is 6.83. The first-order valence-electron chi connectivity index (χ1n) is 8.99. The fourth-order valence-electron chi connectivity index (χ4n) is 3.10. The minimum absolute atomic E-state index is 0. The molecule has 0 aliphatic heterocycles. The van der Waals surface area contributed by atoms with Crippen LogP contribution >= 0.6 is 24.0 Å². The van der Waals surface area contributed by atoms with Crippen LogP contribution in [0.15, 0.2) is 23.3 Å². The van der Waals surface area contributed by atoms with Crippen LogP contribution in [0, 0.1) is 0 Å². The molecular formula is C18H32IN5. The Hall–Kier alpha value is -1.05. The quantitative estimate of drug-likeness (QED) is 0.304. The maximum atomic E-state index is 6.03. The summed E-state index contributed by atoms with van der Waals surface area (Å²) in [7, 11) is 0. The summed E-state index contributed by atoms with van der Waals surface area (Å²) in [6.07, 6.45) is 9.59. The van der Waals surface area contributed by atoms with Gasteiger partial charge in [-0.15, -0.1) is 24.0 Å². The Bertz CT molecular complexity index is 477. The summed E-state index contributed by atoms with van der Waals surface area (Å²) in [5.41, 5.74) is 7.12. The van der Waals surface area contributed by atoms with Crippen LogP contribution in [-0.2, 0) is 6.54 Å². The molecule has 6 heteroatoms. The molecule has 0 spiro atoms. The third-order valence-electron chi connectivity index (χ3n) is 4.54. The highest BCUT2D eigenvalue weighted by Gasteiger charge is 2.12. The molecule has 5 nitrogen and oxygen atoms in total. The molecule has 1 saturated carbocycles. The molecule has 0 atom stereocenters. The molecule has 0 saturated heterocycles. The first kappa shape index (κ1) is 21.0. The summed E-state index contributed by atoms with van der Waals surface area (Å²) in [5, 5.41) is 3.38. The van der Waals surface area contributed by atoms with E-state index < -0.39 is 0 Å². The third-order valence-corrected chi connectivity index (χ3v) is 4.54. The van der Waals surface area contributed by atoms with Crippen molar-refractivity contribution in [2.24, 2.45) is 10.7 Å². The summed E-state index contributed by atoms with van der Waals surface area (Å²) in [5.74, 6) is 1.58. The first-order valence-corrected chi connectivity index (χ1v) is 8.99. The Labute approximate surface area is 163 Å². The topological polar surface area (TPSA) is 66.5 Å². The lowest BCUT2D eigenvalue weighted by Gasteiger charge is -2.19. The van der Waals surface area contributed by atoms with E-state index in [-0.39, 0.29) is 24.0 Å². The molecule has 1 aliphatic carbocycles. The van der Waals surface area contributed by atoms with Gasteiger partial charge in [-0.05, 0) is 38.3 Å². The molecule has 1 aromatic heterocycles. The maximum absolute atomic E-state index is 6.03. The number of nitrogens with zero attached hydrogens (tertiary/aromatic N) is 3. The standard InChI is InChI=1S/C18H31N5.HI/c1-3-23(4-2)17-12-11-15(13-20-17)14-21-18(19)22-16-9-7-5-6-8-10-16;/h11-13,16H,3-10,14H2,1-2H3,(H3,19,21,22);1H. The summed E-state index contributed by atoms with van der Waals surface area (Å²) in [6.45, 7) is 6.81. The number of hydrogen-bond acceptors (Lipinski definition) is 3. The van der Waals surface area contributed by atoms with Gasteiger partial charge in [-0.25, -0.2) is 9.98 Å². The van der Waals surface area contributed by atoms with Gasteiger partial charge in [0.15, 0.2) is 5.96 Å². The van der Waals surface area contributed by atoms with E-state index in [1.165, 1.54) is 38.5 Å². The van der Waals surface area contributed by atoms with E-state index in [9.17, 15) is 0 Å². The van der Waals surface area contributed by atoms with Crippen molar-refractivity contribution in [1.29, 1.82) is 0 Å². The van der Waals surface area contributed by atoms with Crippen LogP contribution in [0.3, 0.4) is 0 Å². The fraction of sp³-hybridized carbons (Fsp3) is 0.667. The molecule has 1 fully saturated rings. The Morgan fingerprint density at radius 1 is 1.21 bits per heavy atom. The van der Waals surface area contributed by atoms with E-state index in [0.29, 0.717) is 18.5 Å². The van der Waals surface area contributed by atoms with Crippen molar-refractivity contribution < 1.29 is 0 Å². The predicted octanol–water partition coefficient (Wildman–Crippen LogP) is 3.67. The Balaban J connectivity index is 0.00000288. The van der Waals surface area contributed by atoms with Gasteiger partial charge in [-0.2, -0.15) is 0 Å². The second kappa shape index (κ2) is 11.5. The van der Waals surface area contributed by atoms with Crippen LogP contribution in [0.1, 0.15) is 57.9 Å². The Kier molecular flexibility index (Phi) is 10.1. The molecule has 3 N–H and O–H groups in total. The molecule has 0 bridgehead atoms. The second-order valence-corrected chi connectivity index (χ2v) is 6.23. The van der Waals surface area contributed by atoms with E-state index in [4.69, 9.17) is 5.73 Å². The second-order valence-electron chi connectivity index (χ2n) is 6.23. The van der Waals surface area contributed by atoms with Crippen molar-refractivity contribution in [2.75, 3.05) is 18.0 Å². The number of aromatic nitrogens is 1. The molecule has 136 valence electrons. The van der Waals surface area contributed by atoms with Gasteiger partial charge in [0.05, 0.1) is 6.54 Å². The lowest BCUT2D eigenvalue weighted by atomic mass is 10.1. The van der Waals surface area contributed by atoms with Gasteiger partial charge in [0.1, 0.15) is 5.82 Å². The lowest BCUT2D eigenvalue weighted by molar-refractivity contribution is 0.530. The summed E-state index contributed by atoms with van der Waals surface area (Å²) >= 11 is 0. The molecule has 1 aliphatic rings. The minimum atomic E-state index is 0. The Morgan fingerprint density at radius 2 is 1.88 bits per heavy atom. The van der Waals surface area contributed by atoms with Crippen molar-refractivity contribution in [3.63, 3.8) is 0 Å². The predicted molar refractivity (Wildman–Crippen MR) is 113 cm³/mol. The zero-order chi connectivity index (χ0) is 16.5. The highest BCUT2D eigenvalue weighted by Crippen LogP contribution is 2.17. The number of halogens is 1. The van der Waals surface area contributed by atoms with Gasteiger partial charge in [0, 0.05) is 25.3 Å². The SMILES string of the molecule is CCN(CC)c1ccc(CN=C(N)NC2CCCCCC2)cn1.I. The number of nitrogens with one attached hydrogen (secondary N) is 1. The van der Waals surface area contributed by atoms with Crippen molar-refractivity contribution in [3.8, 4) is 0 Å². The molecule has 0 unspecified atom stereocenters. The van der Waals surface area contributed by atoms with Gasteiger partial charge < -0.3 is 16.0 Å². The molecule has 1 heterocycles. The molecule has 2 rings (SSSR count). The van der Waals surface area contributed by atoms with Gasteiger partial charge in [-0.3, -0.25) is 0 Å². The number of rotatable bonds is 6. The fourth-order valence-corrected chi connectivity index (χ4v) is 3.10. The number of nitrogens with two attached hydrogens (primary N) is 1. The zero-order valence-electron chi connectivity index (χ0n) is 15.0. The van der Waals surface area contributed by atoms with E-state index in [2.05, 4.69) is 46.2 Å². The monoisotopic (exact) mass is 445 g/mol. The number of aliphatic imine (C=N–C) groups is 1. The highest BCUT2D eigenvalue weighted by atomic mass is 127. The minimum Gasteiger partial charge on any atom is -0.370 e. The van der Waals surface area contributed by atoms with Gasteiger partial charge in [-0.1, -0.05) is 31.7 Å². The summed E-state index contributed by atoms with van der Waals surface area (Å²) in [6, 6.07) is 4.64. The normalized spacial score (nSPS) is 16.2. The maximum Gasteiger partial charge on any atom is 0.189 e. The number of hydrogen-bond donors (Lipinski definition) is 2. The molecule has 24 heavy (non-hydrogen) atoms. The molecule has 0 radical (unpaired) electrons. The molecule has 0 amide bonds. The van der Waals surface area contributed by atoms with Crippen LogP contribution in [-0.4, -0.2) is 30.1 Å². The van der Waals surface area contributed by atoms with Crippen molar-refractivity contribution in [1.82, 2.24) is 10.3 Å². The lowest BCUT2D eigenvalue weighted by Crippen LogP contribution is -2.39. The van der Waals surface area contributed by atoms with Crippen molar-refractivity contribution in [3.05, 3.63) is 23.9 Å². The van der Waals surface area contributed by atoms with E-state index in [1.54, 1.807) is 0 Å². The van der Waals surface area contributed by atoms with Gasteiger partial charge >= 0.3 is 0 Å². The molecule has 1 aromatic rings. The van der Waals surface area contributed by atoms with Crippen LogP contribution in [0.25, 0.3) is 0 Å². The van der Waals surface area contributed by atoms with Gasteiger partial charge in [0.25, 0.3) is 0 Å². The van der Waals surface area contributed by atoms with Crippen molar-refractivity contribution in [2.45, 2.75) is 65.0 Å². The van der Waals surface area contributed by atoms with Gasteiger partial charge in [0.2, 0.25) is 0 Å².